The lowest BCUT2D eigenvalue weighted by Crippen LogP contribution is -2.68. The second-order valence-electron chi connectivity index (χ2n) is 5.88. The van der Waals surface area contributed by atoms with Crippen LogP contribution in [0.4, 0.5) is 0 Å². The van der Waals surface area contributed by atoms with E-state index < -0.39 is 5.54 Å². The van der Waals surface area contributed by atoms with E-state index in [9.17, 15) is 9.59 Å². The maximum atomic E-state index is 12.5. The Morgan fingerprint density at radius 1 is 1.20 bits per heavy atom. The molecule has 5 heteroatoms. The van der Waals surface area contributed by atoms with Gasteiger partial charge in [0.05, 0.1) is 6.61 Å². The van der Waals surface area contributed by atoms with E-state index in [-0.39, 0.29) is 17.9 Å². The van der Waals surface area contributed by atoms with E-state index in [4.69, 9.17) is 4.74 Å². The van der Waals surface area contributed by atoms with Gasteiger partial charge in [0, 0.05) is 13.2 Å². The molecule has 0 aromatic carbocycles. The molecular weight excluding hydrogens is 256 g/mol. The lowest BCUT2D eigenvalue weighted by Gasteiger charge is -2.42. The molecule has 116 valence electrons. The summed E-state index contributed by atoms with van der Waals surface area (Å²) in [5, 5.41) is 2.81. The van der Waals surface area contributed by atoms with Crippen molar-refractivity contribution >= 4 is 11.8 Å². The Morgan fingerprint density at radius 3 is 2.50 bits per heavy atom. The molecule has 1 heterocycles. The largest absolute Gasteiger partial charge is 0.380 e. The molecule has 1 aliphatic rings. The first-order valence-corrected chi connectivity index (χ1v) is 7.64. The van der Waals surface area contributed by atoms with Gasteiger partial charge in [-0.25, -0.2) is 0 Å². The Morgan fingerprint density at radius 2 is 1.90 bits per heavy atom. The Hall–Kier alpha value is -1.10. The number of hydrogen-bond acceptors (Lipinski definition) is 3. The maximum Gasteiger partial charge on any atom is 0.248 e. The molecule has 1 N–H and O–H groups in total. The van der Waals surface area contributed by atoms with Gasteiger partial charge in [0.15, 0.2) is 0 Å². The highest BCUT2D eigenvalue weighted by molar-refractivity contribution is 5.99. The molecule has 0 aliphatic carbocycles. The fourth-order valence-electron chi connectivity index (χ4n) is 2.42. The zero-order valence-corrected chi connectivity index (χ0v) is 13.2. The number of piperazine rings is 1. The van der Waals surface area contributed by atoms with Gasteiger partial charge in [-0.15, -0.1) is 0 Å². The van der Waals surface area contributed by atoms with E-state index in [1.165, 1.54) is 0 Å². The summed E-state index contributed by atoms with van der Waals surface area (Å²) >= 11 is 0. The number of rotatable bonds is 8. The minimum Gasteiger partial charge on any atom is -0.380 e. The number of nitrogens with zero attached hydrogens (tertiary/aromatic N) is 1. The number of unbranched alkanes of at least 4 members (excludes halogenated alkanes) is 1. The highest BCUT2D eigenvalue weighted by atomic mass is 16.5. The van der Waals surface area contributed by atoms with Gasteiger partial charge in [-0.3, -0.25) is 9.59 Å². The van der Waals surface area contributed by atoms with Gasteiger partial charge in [0.2, 0.25) is 11.8 Å². The van der Waals surface area contributed by atoms with Crippen LogP contribution in [0.25, 0.3) is 0 Å². The molecule has 0 aromatic heterocycles. The molecular formula is C15H28N2O3. The van der Waals surface area contributed by atoms with Crippen molar-refractivity contribution in [2.45, 2.75) is 65.0 Å². The number of carbonyl (C=O) groups excluding carboxylic acids is 2. The van der Waals surface area contributed by atoms with Crippen molar-refractivity contribution in [1.82, 2.24) is 10.2 Å². The minimum atomic E-state index is -0.815. The van der Waals surface area contributed by atoms with E-state index >= 15 is 0 Å². The van der Waals surface area contributed by atoms with Gasteiger partial charge in [-0.05, 0) is 26.7 Å². The normalized spacial score (nSPS) is 22.0. The summed E-state index contributed by atoms with van der Waals surface area (Å²) < 4.78 is 5.53. The summed E-state index contributed by atoms with van der Waals surface area (Å²) in [7, 11) is 0. The molecule has 0 saturated carbocycles. The highest BCUT2D eigenvalue weighted by Gasteiger charge is 2.44. The molecule has 1 unspecified atom stereocenters. The third kappa shape index (κ3) is 4.20. The Kier molecular flexibility index (Phi) is 6.46. The van der Waals surface area contributed by atoms with Crippen molar-refractivity contribution in [3.8, 4) is 0 Å². The number of amides is 2. The standard InChI is InChI=1S/C15H28N2O3/c1-5-7-10-20-11-9-17-12(8-6-2)13(18)16-15(3,4)14(17)19/h12H,5-11H2,1-4H3,(H,16,18). The van der Waals surface area contributed by atoms with Crippen molar-refractivity contribution in [2.75, 3.05) is 19.8 Å². The second kappa shape index (κ2) is 7.62. The van der Waals surface area contributed by atoms with E-state index in [2.05, 4.69) is 12.2 Å². The predicted octanol–water partition coefficient (Wildman–Crippen LogP) is 1.71. The molecule has 1 rings (SSSR count). The third-order valence-electron chi connectivity index (χ3n) is 3.59. The van der Waals surface area contributed by atoms with Gasteiger partial charge in [0.1, 0.15) is 11.6 Å². The quantitative estimate of drug-likeness (QED) is 0.690. The van der Waals surface area contributed by atoms with Crippen molar-refractivity contribution in [2.24, 2.45) is 0 Å². The number of nitrogens with one attached hydrogen (secondary N) is 1. The lowest BCUT2D eigenvalue weighted by atomic mass is 9.95. The van der Waals surface area contributed by atoms with Crippen molar-refractivity contribution in [3.05, 3.63) is 0 Å². The van der Waals surface area contributed by atoms with Crippen LogP contribution < -0.4 is 5.32 Å². The summed E-state index contributed by atoms with van der Waals surface area (Å²) in [4.78, 5) is 26.3. The van der Waals surface area contributed by atoms with Crippen molar-refractivity contribution < 1.29 is 14.3 Å². The van der Waals surface area contributed by atoms with Crippen LogP contribution in [0.2, 0.25) is 0 Å². The Bertz CT molecular complexity index is 342. The predicted molar refractivity (Wildman–Crippen MR) is 78.4 cm³/mol. The summed E-state index contributed by atoms with van der Waals surface area (Å²) in [6.45, 7) is 9.34. The Labute approximate surface area is 122 Å². The van der Waals surface area contributed by atoms with Crippen LogP contribution in [-0.2, 0) is 14.3 Å². The molecule has 0 bridgehead atoms. The summed E-state index contributed by atoms with van der Waals surface area (Å²) in [6, 6.07) is -0.352. The lowest BCUT2D eigenvalue weighted by molar-refractivity contribution is -0.154. The average Bonchev–Trinajstić information content (AvgIpc) is 2.38. The minimum absolute atomic E-state index is 0.0189. The van der Waals surface area contributed by atoms with Gasteiger partial charge in [0.25, 0.3) is 0 Å². The first kappa shape index (κ1) is 17.0. The smallest absolute Gasteiger partial charge is 0.248 e. The van der Waals surface area contributed by atoms with Crippen LogP contribution in [0, 0.1) is 0 Å². The van der Waals surface area contributed by atoms with Gasteiger partial charge in [-0.1, -0.05) is 26.7 Å². The molecule has 2 amide bonds. The highest BCUT2D eigenvalue weighted by Crippen LogP contribution is 2.20. The fourth-order valence-corrected chi connectivity index (χ4v) is 2.42. The zero-order valence-electron chi connectivity index (χ0n) is 13.2. The molecule has 20 heavy (non-hydrogen) atoms. The van der Waals surface area contributed by atoms with Crippen LogP contribution in [0.1, 0.15) is 53.4 Å². The van der Waals surface area contributed by atoms with Crippen LogP contribution >= 0.6 is 0 Å². The molecule has 0 aromatic rings. The number of carbonyl (C=O) groups is 2. The van der Waals surface area contributed by atoms with Crippen LogP contribution in [-0.4, -0.2) is 48.1 Å². The topological polar surface area (TPSA) is 58.6 Å². The summed E-state index contributed by atoms with van der Waals surface area (Å²) in [6.07, 6.45) is 3.69. The molecule has 1 fully saturated rings. The fraction of sp³-hybridized carbons (Fsp3) is 0.867. The molecule has 5 nitrogen and oxygen atoms in total. The molecule has 0 radical (unpaired) electrons. The van der Waals surface area contributed by atoms with Gasteiger partial charge >= 0.3 is 0 Å². The third-order valence-corrected chi connectivity index (χ3v) is 3.59. The second-order valence-corrected chi connectivity index (χ2v) is 5.88. The van der Waals surface area contributed by atoms with Gasteiger partial charge < -0.3 is 15.0 Å². The summed E-state index contributed by atoms with van der Waals surface area (Å²) in [5.74, 6) is -0.0698. The van der Waals surface area contributed by atoms with Crippen LogP contribution in [0.3, 0.4) is 0 Å². The van der Waals surface area contributed by atoms with Crippen molar-refractivity contribution in [3.63, 3.8) is 0 Å². The van der Waals surface area contributed by atoms with Gasteiger partial charge in [-0.2, -0.15) is 0 Å². The zero-order chi connectivity index (χ0) is 15.2. The monoisotopic (exact) mass is 284 g/mol. The molecule has 1 saturated heterocycles. The summed E-state index contributed by atoms with van der Waals surface area (Å²) in [5.41, 5.74) is -0.815. The number of hydrogen-bond donors (Lipinski definition) is 1. The van der Waals surface area contributed by atoms with E-state index in [0.717, 1.165) is 19.3 Å². The van der Waals surface area contributed by atoms with Crippen LogP contribution in [0.15, 0.2) is 0 Å². The van der Waals surface area contributed by atoms with Crippen LogP contribution in [0.5, 0.6) is 0 Å². The molecule has 1 aliphatic heterocycles. The molecule has 1 atom stereocenters. The number of ether oxygens (including phenoxy) is 1. The average molecular weight is 284 g/mol. The SMILES string of the molecule is CCCCOCCN1C(=O)C(C)(C)NC(=O)C1CCC. The molecule has 0 spiro atoms. The van der Waals surface area contributed by atoms with Crippen molar-refractivity contribution in [1.29, 1.82) is 0 Å². The van der Waals surface area contributed by atoms with E-state index in [1.54, 1.807) is 18.7 Å². The van der Waals surface area contributed by atoms with E-state index in [1.807, 2.05) is 6.92 Å². The first-order valence-electron chi connectivity index (χ1n) is 7.64. The Balaban J connectivity index is 2.64. The first-order chi connectivity index (χ1) is 9.44. The maximum absolute atomic E-state index is 12.5. The van der Waals surface area contributed by atoms with E-state index in [0.29, 0.717) is 26.2 Å².